The van der Waals surface area contributed by atoms with Gasteiger partial charge in [-0.1, -0.05) is 0 Å². The lowest BCUT2D eigenvalue weighted by molar-refractivity contribution is 0.182. The molecule has 0 aliphatic carbocycles. The molecule has 0 fully saturated rings. The molecule has 3 heteroatoms. The summed E-state index contributed by atoms with van der Waals surface area (Å²) in [5.74, 6) is 0.430. The minimum absolute atomic E-state index is 0.154. The maximum absolute atomic E-state index is 13.5. The van der Waals surface area contributed by atoms with E-state index in [0.717, 1.165) is 0 Å². The van der Waals surface area contributed by atoms with Crippen LogP contribution in [0.2, 0.25) is 0 Å². The third-order valence-corrected chi connectivity index (χ3v) is 2.09. The maximum atomic E-state index is 13.5. The van der Waals surface area contributed by atoms with Gasteiger partial charge in [0.05, 0.1) is 0 Å². The Kier molecular flexibility index (Phi) is 1.77. The third-order valence-electron chi connectivity index (χ3n) is 2.09. The lowest BCUT2D eigenvalue weighted by Gasteiger charge is -2.08. The number of furan rings is 1. The molecule has 2 aromatic rings. The molecule has 0 atom stereocenters. The van der Waals surface area contributed by atoms with E-state index >= 15 is 0 Å². The van der Waals surface area contributed by atoms with Crippen molar-refractivity contribution >= 4 is 11.0 Å². The molecule has 74 valence electrons. The van der Waals surface area contributed by atoms with Crippen molar-refractivity contribution in [2.24, 2.45) is 0 Å². The van der Waals surface area contributed by atoms with Crippen molar-refractivity contribution < 1.29 is 13.9 Å². The standard InChI is InChI=1S/C11H11FO2/c1-11(2,12)10-6-7-5-8(13)3-4-9(7)14-10/h3-6,13H,1-2H3. The second-order valence-corrected chi connectivity index (χ2v) is 3.81. The normalized spacial score (nSPS) is 12.2. The third kappa shape index (κ3) is 1.45. The van der Waals surface area contributed by atoms with Crippen molar-refractivity contribution in [2.45, 2.75) is 19.5 Å². The van der Waals surface area contributed by atoms with Gasteiger partial charge in [-0.05, 0) is 38.1 Å². The van der Waals surface area contributed by atoms with E-state index in [1.807, 2.05) is 0 Å². The van der Waals surface area contributed by atoms with Gasteiger partial charge in [0.2, 0.25) is 0 Å². The molecule has 0 radical (unpaired) electrons. The smallest absolute Gasteiger partial charge is 0.162 e. The zero-order chi connectivity index (χ0) is 10.3. The molecule has 0 amide bonds. The number of phenols is 1. The minimum Gasteiger partial charge on any atom is -0.508 e. The molecule has 1 aromatic heterocycles. The van der Waals surface area contributed by atoms with Gasteiger partial charge in [0.25, 0.3) is 0 Å². The summed E-state index contributed by atoms with van der Waals surface area (Å²) >= 11 is 0. The van der Waals surface area contributed by atoms with E-state index in [-0.39, 0.29) is 11.5 Å². The van der Waals surface area contributed by atoms with E-state index in [1.165, 1.54) is 19.9 Å². The van der Waals surface area contributed by atoms with Crippen LogP contribution in [0.5, 0.6) is 5.75 Å². The number of hydrogen-bond donors (Lipinski definition) is 1. The van der Waals surface area contributed by atoms with Crippen LogP contribution >= 0.6 is 0 Å². The van der Waals surface area contributed by atoms with E-state index < -0.39 is 5.67 Å². The SMILES string of the molecule is CC(C)(F)c1cc2cc(O)ccc2o1. The van der Waals surface area contributed by atoms with Crippen molar-refractivity contribution in [3.8, 4) is 5.75 Å². The number of alkyl halides is 1. The molecule has 1 N–H and O–H groups in total. The lowest BCUT2D eigenvalue weighted by Crippen LogP contribution is -2.06. The van der Waals surface area contributed by atoms with Gasteiger partial charge in [-0.3, -0.25) is 0 Å². The molecule has 0 bridgehead atoms. The highest BCUT2D eigenvalue weighted by Gasteiger charge is 2.23. The van der Waals surface area contributed by atoms with Crippen molar-refractivity contribution in [2.75, 3.05) is 0 Å². The summed E-state index contributed by atoms with van der Waals surface area (Å²) in [5, 5.41) is 9.92. The Labute approximate surface area is 81.0 Å². The summed E-state index contributed by atoms with van der Waals surface area (Å²) in [5.41, 5.74) is -0.905. The number of benzene rings is 1. The Balaban J connectivity index is 2.63. The Hall–Kier alpha value is -1.51. The van der Waals surface area contributed by atoms with E-state index in [4.69, 9.17) is 4.42 Å². The highest BCUT2D eigenvalue weighted by atomic mass is 19.1. The number of fused-ring (bicyclic) bond motifs is 1. The van der Waals surface area contributed by atoms with Gasteiger partial charge in [0, 0.05) is 5.39 Å². The van der Waals surface area contributed by atoms with Crippen molar-refractivity contribution in [3.63, 3.8) is 0 Å². The number of phenolic OH excluding ortho intramolecular Hbond substituents is 1. The fourth-order valence-corrected chi connectivity index (χ4v) is 1.32. The fourth-order valence-electron chi connectivity index (χ4n) is 1.32. The number of hydrogen-bond acceptors (Lipinski definition) is 2. The molecule has 0 aliphatic rings. The fraction of sp³-hybridized carbons (Fsp3) is 0.273. The predicted octanol–water partition coefficient (Wildman–Crippen LogP) is 3.34. The highest BCUT2D eigenvalue weighted by molar-refractivity contribution is 5.79. The molecule has 0 spiro atoms. The van der Waals surface area contributed by atoms with E-state index in [0.29, 0.717) is 11.0 Å². The summed E-state index contributed by atoms with van der Waals surface area (Å²) in [7, 11) is 0. The van der Waals surface area contributed by atoms with Crippen molar-refractivity contribution in [1.82, 2.24) is 0 Å². The summed E-state index contributed by atoms with van der Waals surface area (Å²) in [6.45, 7) is 2.87. The second-order valence-electron chi connectivity index (χ2n) is 3.81. The Morgan fingerprint density at radius 1 is 1.29 bits per heavy atom. The average Bonchev–Trinajstić information content (AvgIpc) is 2.45. The highest BCUT2D eigenvalue weighted by Crippen LogP contribution is 2.31. The van der Waals surface area contributed by atoms with Crippen LogP contribution in [0.25, 0.3) is 11.0 Å². The molecular formula is C11H11FO2. The van der Waals surface area contributed by atoms with Crippen LogP contribution in [0.15, 0.2) is 28.7 Å². The Bertz CT molecular complexity index is 466. The molecular weight excluding hydrogens is 183 g/mol. The first-order valence-electron chi connectivity index (χ1n) is 4.39. The zero-order valence-electron chi connectivity index (χ0n) is 8.04. The second kappa shape index (κ2) is 2.74. The quantitative estimate of drug-likeness (QED) is 0.755. The Morgan fingerprint density at radius 2 is 2.00 bits per heavy atom. The van der Waals surface area contributed by atoms with Gasteiger partial charge in [-0.2, -0.15) is 0 Å². The molecule has 1 heterocycles. The largest absolute Gasteiger partial charge is 0.508 e. The predicted molar refractivity (Wildman–Crippen MR) is 52.0 cm³/mol. The molecule has 0 saturated carbocycles. The van der Waals surface area contributed by atoms with Crippen LogP contribution in [0.4, 0.5) is 4.39 Å². The van der Waals surface area contributed by atoms with Gasteiger partial charge in [-0.25, -0.2) is 4.39 Å². The van der Waals surface area contributed by atoms with E-state index in [1.54, 1.807) is 18.2 Å². The monoisotopic (exact) mass is 194 g/mol. The maximum Gasteiger partial charge on any atom is 0.162 e. The average molecular weight is 194 g/mol. The van der Waals surface area contributed by atoms with Gasteiger partial charge in [-0.15, -0.1) is 0 Å². The van der Waals surface area contributed by atoms with Crippen LogP contribution < -0.4 is 0 Å². The summed E-state index contributed by atoms with van der Waals surface area (Å²) in [4.78, 5) is 0. The Morgan fingerprint density at radius 3 is 2.64 bits per heavy atom. The summed E-state index contributed by atoms with van der Waals surface area (Å²) in [6, 6.07) is 6.30. The molecule has 0 saturated heterocycles. The topological polar surface area (TPSA) is 33.4 Å². The molecule has 1 aromatic carbocycles. The van der Waals surface area contributed by atoms with Gasteiger partial charge < -0.3 is 9.52 Å². The molecule has 0 aliphatic heterocycles. The molecule has 2 rings (SSSR count). The summed E-state index contributed by atoms with van der Waals surface area (Å²) < 4.78 is 18.8. The number of aromatic hydroxyl groups is 1. The minimum atomic E-state index is -1.49. The number of halogens is 1. The van der Waals surface area contributed by atoms with Crippen LogP contribution in [-0.4, -0.2) is 5.11 Å². The first kappa shape index (κ1) is 9.06. The van der Waals surface area contributed by atoms with E-state index in [2.05, 4.69) is 0 Å². The number of rotatable bonds is 1. The molecule has 14 heavy (non-hydrogen) atoms. The zero-order valence-corrected chi connectivity index (χ0v) is 8.04. The molecule has 0 unspecified atom stereocenters. The molecule has 2 nitrogen and oxygen atoms in total. The lowest BCUT2D eigenvalue weighted by atomic mass is 10.1. The van der Waals surface area contributed by atoms with Crippen LogP contribution in [0.3, 0.4) is 0 Å². The van der Waals surface area contributed by atoms with Gasteiger partial charge >= 0.3 is 0 Å². The first-order chi connectivity index (χ1) is 6.47. The van der Waals surface area contributed by atoms with Crippen molar-refractivity contribution in [3.05, 3.63) is 30.0 Å². The van der Waals surface area contributed by atoms with Gasteiger partial charge in [0.1, 0.15) is 17.1 Å². The van der Waals surface area contributed by atoms with Gasteiger partial charge in [0.15, 0.2) is 5.67 Å². The van der Waals surface area contributed by atoms with Crippen LogP contribution in [-0.2, 0) is 5.67 Å². The van der Waals surface area contributed by atoms with Crippen LogP contribution in [0, 0.1) is 0 Å². The van der Waals surface area contributed by atoms with Crippen molar-refractivity contribution in [1.29, 1.82) is 0 Å². The first-order valence-corrected chi connectivity index (χ1v) is 4.39. The van der Waals surface area contributed by atoms with E-state index in [9.17, 15) is 9.50 Å². The summed E-state index contributed by atoms with van der Waals surface area (Å²) in [6.07, 6.45) is 0. The van der Waals surface area contributed by atoms with Crippen LogP contribution in [0.1, 0.15) is 19.6 Å².